The van der Waals surface area contributed by atoms with Gasteiger partial charge in [-0.05, 0) is 24.5 Å². The fraction of sp³-hybridized carbons (Fsp3) is 0.438. The van der Waals surface area contributed by atoms with Gasteiger partial charge in [0.05, 0.1) is 13.2 Å². The number of fused-ring (bicyclic) bond motifs is 1. The predicted octanol–water partition coefficient (Wildman–Crippen LogP) is 1.55. The average molecular weight is 286 g/mol. The minimum atomic E-state index is 0.464. The molecule has 1 aromatic rings. The average Bonchev–Trinajstić information content (AvgIpc) is 2.55. The molecule has 21 heavy (non-hydrogen) atoms. The van der Waals surface area contributed by atoms with Crippen LogP contribution in [0.1, 0.15) is 12.0 Å². The monoisotopic (exact) mass is 286 g/mol. The topological polar surface area (TPSA) is 65.6 Å². The van der Waals surface area contributed by atoms with Crippen molar-refractivity contribution in [2.75, 3.05) is 37.7 Å². The van der Waals surface area contributed by atoms with Crippen molar-refractivity contribution in [2.45, 2.75) is 12.8 Å². The zero-order valence-corrected chi connectivity index (χ0v) is 12.2. The molecule has 1 aromatic carbocycles. The Balaban J connectivity index is 1.76. The summed E-state index contributed by atoms with van der Waals surface area (Å²) in [5, 5.41) is 8.37. The molecule has 2 heterocycles. The number of hydrogen-bond donors (Lipinski definition) is 2. The van der Waals surface area contributed by atoms with Crippen LogP contribution in [0.3, 0.4) is 0 Å². The molecule has 5 heteroatoms. The number of hydrogen-bond acceptors (Lipinski definition) is 4. The number of para-hydroxylation sites is 1. The summed E-state index contributed by atoms with van der Waals surface area (Å²) >= 11 is 0. The molecule has 3 N–H and O–H groups in total. The summed E-state index contributed by atoms with van der Waals surface area (Å²) in [6, 6.07) is 8.31. The number of morpholine rings is 1. The lowest BCUT2D eigenvalue weighted by molar-refractivity contribution is 0.0531. The second-order valence-corrected chi connectivity index (χ2v) is 5.44. The number of aryl methyl sites for hydroxylation is 1. The van der Waals surface area contributed by atoms with Gasteiger partial charge < -0.3 is 20.3 Å². The van der Waals surface area contributed by atoms with Crippen LogP contribution in [0.15, 0.2) is 36.2 Å². The van der Waals surface area contributed by atoms with E-state index in [4.69, 9.17) is 15.9 Å². The van der Waals surface area contributed by atoms with Crippen LogP contribution >= 0.6 is 0 Å². The van der Waals surface area contributed by atoms with Crippen molar-refractivity contribution < 1.29 is 4.74 Å². The molecule has 0 bridgehead atoms. The minimum absolute atomic E-state index is 0.464. The smallest absolute Gasteiger partial charge is 0.128 e. The lowest BCUT2D eigenvalue weighted by Gasteiger charge is -2.32. The molecule has 0 aliphatic carbocycles. The second kappa shape index (κ2) is 6.18. The Morgan fingerprint density at radius 3 is 2.76 bits per heavy atom. The molecule has 2 aliphatic heterocycles. The highest BCUT2D eigenvalue weighted by Crippen LogP contribution is 2.27. The van der Waals surface area contributed by atoms with Crippen LogP contribution in [0.25, 0.3) is 0 Å². The maximum atomic E-state index is 8.37. The number of nitrogens with two attached hydrogens (primary N) is 1. The summed E-state index contributed by atoms with van der Waals surface area (Å²) in [4.78, 5) is 4.13. The molecule has 1 saturated heterocycles. The third-order valence-corrected chi connectivity index (χ3v) is 4.06. The first-order chi connectivity index (χ1) is 10.3. The van der Waals surface area contributed by atoms with Crippen LogP contribution < -0.4 is 10.6 Å². The Hall–Kier alpha value is -2.01. The zero-order valence-electron chi connectivity index (χ0n) is 12.2. The van der Waals surface area contributed by atoms with E-state index in [0.717, 1.165) is 38.2 Å². The molecule has 0 atom stereocenters. The first kappa shape index (κ1) is 13.9. The van der Waals surface area contributed by atoms with Crippen molar-refractivity contribution >= 4 is 11.5 Å². The number of nitrogens with one attached hydrogen (secondary N) is 1. The van der Waals surface area contributed by atoms with E-state index in [-0.39, 0.29) is 0 Å². The van der Waals surface area contributed by atoms with Crippen LogP contribution in [-0.2, 0) is 11.2 Å². The van der Waals surface area contributed by atoms with E-state index < -0.39 is 0 Å². The molecule has 0 unspecified atom stereocenters. The number of ether oxygens (including phenoxy) is 1. The fourth-order valence-electron chi connectivity index (χ4n) is 2.91. The van der Waals surface area contributed by atoms with Gasteiger partial charge in [0.1, 0.15) is 11.7 Å². The van der Waals surface area contributed by atoms with E-state index in [1.54, 1.807) is 6.08 Å². The van der Waals surface area contributed by atoms with Crippen molar-refractivity contribution in [2.24, 2.45) is 5.73 Å². The number of amidine groups is 1. The van der Waals surface area contributed by atoms with Crippen LogP contribution in [-0.4, -0.2) is 43.6 Å². The highest BCUT2D eigenvalue weighted by Gasteiger charge is 2.19. The lowest BCUT2D eigenvalue weighted by Crippen LogP contribution is -2.40. The van der Waals surface area contributed by atoms with Gasteiger partial charge in [0.25, 0.3) is 0 Å². The Kier molecular flexibility index (Phi) is 4.10. The summed E-state index contributed by atoms with van der Waals surface area (Å²) in [6.07, 6.45) is 3.93. The van der Waals surface area contributed by atoms with Crippen LogP contribution in [0, 0.1) is 5.41 Å². The minimum Gasteiger partial charge on any atom is -0.385 e. The molecule has 1 fully saturated rings. The Bertz CT molecular complexity index is 549. The van der Waals surface area contributed by atoms with Crippen LogP contribution in [0.5, 0.6) is 0 Å². The summed E-state index contributed by atoms with van der Waals surface area (Å²) in [6.45, 7) is 3.88. The first-order valence-corrected chi connectivity index (χ1v) is 7.49. The maximum Gasteiger partial charge on any atom is 0.128 e. The van der Waals surface area contributed by atoms with E-state index in [9.17, 15) is 0 Å². The molecule has 0 saturated carbocycles. The van der Waals surface area contributed by atoms with Gasteiger partial charge in [-0.2, -0.15) is 0 Å². The first-order valence-electron chi connectivity index (χ1n) is 7.49. The summed E-state index contributed by atoms with van der Waals surface area (Å²) in [5.41, 5.74) is 8.59. The second-order valence-electron chi connectivity index (χ2n) is 5.44. The van der Waals surface area contributed by atoms with E-state index in [1.807, 2.05) is 11.0 Å². The van der Waals surface area contributed by atoms with Gasteiger partial charge >= 0.3 is 0 Å². The van der Waals surface area contributed by atoms with Gasteiger partial charge in [0.2, 0.25) is 0 Å². The van der Waals surface area contributed by atoms with Gasteiger partial charge in [0.15, 0.2) is 0 Å². The molecule has 3 rings (SSSR count). The van der Waals surface area contributed by atoms with Gasteiger partial charge in [-0.25, -0.2) is 0 Å². The van der Waals surface area contributed by atoms with Gasteiger partial charge in [0, 0.05) is 31.4 Å². The number of rotatable bonds is 2. The van der Waals surface area contributed by atoms with E-state index >= 15 is 0 Å². The highest BCUT2D eigenvalue weighted by atomic mass is 16.5. The lowest BCUT2D eigenvalue weighted by atomic mass is 10.0. The number of nitrogens with zero attached hydrogens (tertiary/aromatic N) is 2. The Labute approximate surface area is 125 Å². The summed E-state index contributed by atoms with van der Waals surface area (Å²) in [7, 11) is 0. The van der Waals surface area contributed by atoms with Crippen molar-refractivity contribution in [3.8, 4) is 0 Å². The van der Waals surface area contributed by atoms with Gasteiger partial charge in [-0.15, -0.1) is 0 Å². The maximum absolute atomic E-state index is 8.37. The fourth-order valence-corrected chi connectivity index (χ4v) is 2.91. The Morgan fingerprint density at radius 1 is 1.19 bits per heavy atom. The van der Waals surface area contributed by atoms with E-state index in [0.29, 0.717) is 24.9 Å². The molecular formula is C16H22N4O. The van der Waals surface area contributed by atoms with Gasteiger partial charge in [-0.3, -0.25) is 5.41 Å². The Morgan fingerprint density at radius 2 is 1.95 bits per heavy atom. The van der Waals surface area contributed by atoms with Crippen molar-refractivity contribution in [3.05, 3.63) is 41.7 Å². The molecule has 0 amide bonds. The standard InChI is InChI=1S/C16H22N4O/c17-15(19-8-10-21-11-9-19)12-16(18)20-7-3-5-13-4-1-2-6-14(13)20/h1-2,4,6,12,18H,3,5,7-11,17H2/b15-12+,18-16?. The summed E-state index contributed by atoms with van der Waals surface area (Å²) < 4.78 is 5.33. The quantitative estimate of drug-likeness (QED) is 0.639. The third-order valence-electron chi connectivity index (χ3n) is 4.06. The van der Waals surface area contributed by atoms with Gasteiger partial charge in [-0.1, -0.05) is 18.2 Å². The van der Waals surface area contributed by atoms with Crippen molar-refractivity contribution in [3.63, 3.8) is 0 Å². The van der Waals surface area contributed by atoms with E-state index in [1.165, 1.54) is 5.56 Å². The molecule has 0 spiro atoms. The normalized spacial score (nSPS) is 19.3. The molecule has 2 aliphatic rings. The predicted molar refractivity (Wildman–Crippen MR) is 84.5 cm³/mol. The molecular weight excluding hydrogens is 264 g/mol. The van der Waals surface area contributed by atoms with Crippen LogP contribution in [0.4, 0.5) is 5.69 Å². The molecule has 5 nitrogen and oxygen atoms in total. The molecule has 0 aromatic heterocycles. The molecule has 112 valence electrons. The third kappa shape index (κ3) is 3.03. The molecule has 0 radical (unpaired) electrons. The van der Waals surface area contributed by atoms with Crippen LogP contribution in [0.2, 0.25) is 0 Å². The zero-order chi connectivity index (χ0) is 14.7. The van der Waals surface area contributed by atoms with Crippen molar-refractivity contribution in [1.82, 2.24) is 4.90 Å². The SMILES string of the molecule is N=C(/C=C(\N)N1CCOCC1)N1CCCc2ccccc21. The highest BCUT2D eigenvalue weighted by molar-refractivity contribution is 6.04. The van der Waals surface area contributed by atoms with Crippen molar-refractivity contribution in [1.29, 1.82) is 5.41 Å². The van der Waals surface area contributed by atoms with E-state index in [2.05, 4.69) is 23.1 Å². The summed E-state index contributed by atoms with van der Waals surface area (Å²) in [5.74, 6) is 1.12. The number of anilines is 1. The number of benzene rings is 1. The largest absolute Gasteiger partial charge is 0.385 e.